The molecule has 0 radical (unpaired) electrons. The van der Waals surface area contributed by atoms with Gasteiger partial charge in [-0.2, -0.15) is 0 Å². The molecule has 2 aliphatic rings. The van der Waals surface area contributed by atoms with Crippen molar-refractivity contribution in [2.24, 2.45) is 22.2 Å². The molecule has 418 valence electrons. The predicted octanol–water partition coefficient (Wildman–Crippen LogP) is -2.56. The van der Waals surface area contributed by atoms with Gasteiger partial charge in [-0.3, -0.25) is 52.9 Å². The summed E-state index contributed by atoms with van der Waals surface area (Å²) in [4.78, 5) is 155. The molecule has 0 unspecified atom stereocenters. The van der Waals surface area contributed by atoms with Crippen LogP contribution in [0, 0.1) is 0 Å². The average molecular weight is 1120 g/mol. The standard InChI is InChI=1S/C50H66N16O10S2/c1-27(67)59-39-24-77-78-25-40-49(76)60-33(42(51)69)14-7-8-16-55-41(68)21-38(65-48(39)75)47(74)64-37(20-30-23-54-26-58-30)46(73)62-35(18-28-10-3-2-4-11-28)44(71)61-34(15-9-17-56-50(52)53)43(70)63-36(45(72)66-40)19-29-22-57-32-13-6-5-12-31(29)32/h2-6,10-13,22-23,26,33-40,57H,7-9,14-21,24-25H2,1H3,(H2,51,69)(H,54,58)(H,55,68)(H,59,67)(H,60,76)(H,61,71)(H,62,73)(H,63,70)(H,64,74)(H,65,75)(H,66,72)(H4,52,53,56)/t33-,34-,35-,36+,37-,38+,39+,40+/m0/s1. The first kappa shape index (κ1) is 59.1. The Morgan fingerprint density at radius 3 is 2.01 bits per heavy atom. The minimum Gasteiger partial charge on any atom is -0.370 e. The van der Waals surface area contributed by atoms with E-state index >= 15 is 0 Å². The number of rotatable bonds is 12. The minimum absolute atomic E-state index is 0.0252. The van der Waals surface area contributed by atoms with Gasteiger partial charge in [-0.15, -0.1) is 0 Å². The van der Waals surface area contributed by atoms with Crippen molar-refractivity contribution in [3.05, 3.63) is 90.1 Å². The lowest BCUT2D eigenvalue weighted by atomic mass is 10.0. The number of aromatic amines is 2. The largest absolute Gasteiger partial charge is 0.370 e. The van der Waals surface area contributed by atoms with Crippen molar-refractivity contribution < 1.29 is 47.9 Å². The Labute approximate surface area is 456 Å². The second kappa shape index (κ2) is 29.4. The van der Waals surface area contributed by atoms with Gasteiger partial charge in [-0.1, -0.05) is 70.1 Å². The van der Waals surface area contributed by atoms with E-state index in [1.807, 2.05) is 18.2 Å². The highest BCUT2D eigenvalue weighted by Gasteiger charge is 2.36. The summed E-state index contributed by atoms with van der Waals surface area (Å²) in [5.41, 5.74) is 19.3. The number of guanidine groups is 1. The summed E-state index contributed by atoms with van der Waals surface area (Å²) in [6.07, 6.45) is 3.90. The van der Waals surface area contributed by atoms with Crippen LogP contribution >= 0.6 is 21.6 Å². The Kier molecular flexibility index (Phi) is 22.3. The molecule has 6 rings (SSSR count). The van der Waals surface area contributed by atoms with E-state index in [2.05, 4.69) is 67.8 Å². The molecule has 2 aliphatic heterocycles. The fourth-order valence-electron chi connectivity index (χ4n) is 8.59. The fourth-order valence-corrected chi connectivity index (χ4v) is 10.9. The molecule has 4 aromatic rings. The number of benzene rings is 2. The smallest absolute Gasteiger partial charge is 0.244 e. The summed E-state index contributed by atoms with van der Waals surface area (Å²) in [6.45, 7) is 1.23. The number of para-hydroxylation sites is 1. The van der Waals surface area contributed by atoms with E-state index in [9.17, 15) is 47.9 Å². The van der Waals surface area contributed by atoms with Gasteiger partial charge in [0.05, 0.1) is 12.7 Å². The van der Waals surface area contributed by atoms with Crippen LogP contribution in [0.5, 0.6) is 0 Å². The topological polar surface area (TPSA) is 414 Å². The molecule has 2 saturated heterocycles. The molecule has 8 atom stereocenters. The van der Waals surface area contributed by atoms with Gasteiger partial charge in [0.1, 0.15) is 48.3 Å². The van der Waals surface area contributed by atoms with Gasteiger partial charge < -0.3 is 75.0 Å². The highest BCUT2D eigenvalue weighted by atomic mass is 33.1. The van der Waals surface area contributed by atoms with Crippen molar-refractivity contribution in [1.82, 2.24) is 62.8 Å². The van der Waals surface area contributed by atoms with E-state index in [0.717, 1.165) is 32.5 Å². The van der Waals surface area contributed by atoms with Crippen LogP contribution in [0.15, 0.2) is 78.3 Å². The third-order valence-corrected chi connectivity index (χ3v) is 15.1. The van der Waals surface area contributed by atoms with Crippen molar-refractivity contribution in [2.45, 2.75) is 113 Å². The van der Waals surface area contributed by atoms with Crippen molar-refractivity contribution in [3.63, 3.8) is 0 Å². The maximum atomic E-state index is 14.9. The number of imidazole rings is 1. The molecule has 2 bridgehead atoms. The zero-order valence-corrected chi connectivity index (χ0v) is 44.4. The Bertz CT molecular complexity index is 2790. The SMILES string of the molecule is CC(=O)N[C@@H]1CSSC[C@H]2NC(=O)[C@@H](Cc3c[nH]c4ccccc34)NC(=O)[C@H](CCCN=C(N)N)NC(=O)[C@H](Cc3ccccc3)NC(=O)[C@H](Cc3cnc[nH]3)NC(=O)[C@@H](CC(=O)NCCCC[C@@H](C(N)=O)NC2=O)NC1=O. The monoisotopic (exact) mass is 1110 g/mol. The number of nitrogens with two attached hydrogens (primary N) is 3. The van der Waals surface area contributed by atoms with Gasteiger partial charge in [0.25, 0.3) is 0 Å². The molecule has 0 aliphatic carbocycles. The Hall–Kier alpha value is -8.14. The number of aromatic nitrogens is 3. The normalized spacial score (nSPS) is 24.1. The maximum absolute atomic E-state index is 14.9. The first-order valence-corrected chi connectivity index (χ1v) is 27.7. The molecular weight excluding hydrogens is 1050 g/mol. The number of carbonyl (C=O) groups is 10. The van der Waals surface area contributed by atoms with Crippen molar-refractivity contribution in [3.8, 4) is 0 Å². The maximum Gasteiger partial charge on any atom is 0.244 e. The molecular formula is C50H66N16O10S2. The lowest BCUT2D eigenvalue weighted by Crippen LogP contribution is -2.61. The molecule has 0 saturated carbocycles. The summed E-state index contributed by atoms with van der Waals surface area (Å²) < 4.78 is 0. The molecule has 78 heavy (non-hydrogen) atoms. The number of hydrogen-bond acceptors (Lipinski definition) is 14. The number of H-pyrrole nitrogens is 2. The minimum atomic E-state index is -1.65. The lowest BCUT2D eigenvalue weighted by molar-refractivity contribution is -0.136. The number of nitrogens with one attached hydrogen (secondary N) is 11. The van der Waals surface area contributed by atoms with E-state index < -0.39 is 114 Å². The molecule has 10 amide bonds. The van der Waals surface area contributed by atoms with E-state index in [0.29, 0.717) is 16.8 Å². The summed E-state index contributed by atoms with van der Waals surface area (Å²) in [7, 11) is 2.02. The first-order valence-electron chi connectivity index (χ1n) is 25.3. The van der Waals surface area contributed by atoms with Crippen LogP contribution in [0.25, 0.3) is 10.9 Å². The molecule has 17 N–H and O–H groups in total. The molecule has 2 aromatic carbocycles. The van der Waals surface area contributed by atoms with Crippen LogP contribution in [-0.2, 0) is 67.2 Å². The Morgan fingerprint density at radius 2 is 1.31 bits per heavy atom. The second-order valence-electron chi connectivity index (χ2n) is 18.7. The molecule has 0 spiro atoms. The van der Waals surface area contributed by atoms with E-state index in [1.165, 1.54) is 19.4 Å². The van der Waals surface area contributed by atoms with E-state index in [-0.39, 0.29) is 81.9 Å². The van der Waals surface area contributed by atoms with Gasteiger partial charge in [0, 0.05) is 79.8 Å². The molecule has 2 fully saturated rings. The van der Waals surface area contributed by atoms with Crippen LogP contribution in [0.3, 0.4) is 0 Å². The van der Waals surface area contributed by atoms with Gasteiger partial charge in [0.2, 0.25) is 59.1 Å². The molecule has 26 nitrogen and oxygen atoms in total. The van der Waals surface area contributed by atoms with Crippen LogP contribution in [0.4, 0.5) is 0 Å². The molecule has 28 heteroatoms. The molecule has 2 aromatic heterocycles. The lowest BCUT2D eigenvalue weighted by Gasteiger charge is -2.28. The van der Waals surface area contributed by atoms with Crippen molar-refractivity contribution >= 4 is 97.5 Å². The van der Waals surface area contributed by atoms with Gasteiger partial charge >= 0.3 is 0 Å². The third kappa shape index (κ3) is 18.3. The van der Waals surface area contributed by atoms with Crippen LogP contribution in [0.1, 0.15) is 62.3 Å². The van der Waals surface area contributed by atoms with Gasteiger partial charge in [0.15, 0.2) is 5.96 Å². The van der Waals surface area contributed by atoms with Crippen molar-refractivity contribution in [2.75, 3.05) is 24.6 Å². The van der Waals surface area contributed by atoms with E-state index in [4.69, 9.17) is 17.2 Å². The number of nitrogens with zero attached hydrogens (tertiary/aromatic N) is 2. The predicted molar refractivity (Wildman–Crippen MR) is 291 cm³/mol. The first-order chi connectivity index (χ1) is 37.4. The van der Waals surface area contributed by atoms with Crippen LogP contribution in [-0.4, -0.2) is 153 Å². The molecule has 4 heterocycles. The zero-order valence-electron chi connectivity index (χ0n) is 42.8. The van der Waals surface area contributed by atoms with Crippen LogP contribution < -0.4 is 65.1 Å². The fraction of sp³-hybridized carbons (Fsp3) is 0.440. The second-order valence-corrected chi connectivity index (χ2v) is 21.2. The Balaban J connectivity index is 1.48. The number of primary amides is 1. The number of carbonyl (C=O) groups excluding carboxylic acids is 10. The summed E-state index contributed by atoms with van der Waals surface area (Å²) in [5, 5.41) is 24.9. The average Bonchev–Trinajstić information content (AvgIpc) is 4.10. The van der Waals surface area contributed by atoms with Gasteiger partial charge in [-0.25, -0.2) is 4.98 Å². The number of amides is 10. The number of aliphatic imine (C=N–C) groups is 1. The highest BCUT2D eigenvalue weighted by molar-refractivity contribution is 8.76. The third-order valence-electron chi connectivity index (χ3n) is 12.6. The summed E-state index contributed by atoms with van der Waals surface area (Å²) in [6, 6.07) is 4.48. The summed E-state index contributed by atoms with van der Waals surface area (Å²) >= 11 is 0. The van der Waals surface area contributed by atoms with Crippen molar-refractivity contribution in [1.29, 1.82) is 0 Å². The van der Waals surface area contributed by atoms with E-state index in [1.54, 1.807) is 42.6 Å². The van der Waals surface area contributed by atoms with Gasteiger partial charge in [-0.05, 0) is 49.3 Å². The zero-order chi connectivity index (χ0) is 56.1. The summed E-state index contributed by atoms with van der Waals surface area (Å²) in [5.74, 6) is -8.89. The quantitative estimate of drug-likeness (QED) is 0.0300. The number of fused-ring (bicyclic) bond motifs is 9. The number of hydrogen-bond donors (Lipinski definition) is 14. The Morgan fingerprint density at radius 1 is 0.679 bits per heavy atom. The highest BCUT2D eigenvalue weighted by Crippen LogP contribution is 2.25. The van der Waals surface area contributed by atoms with Crippen LogP contribution in [0.2, 0.25) is 0 Å².